The highest BCUT2D eigenvalue weighted by Gasteiger charge is 2.24. The highest BCUT2D eigenvalue weighted by atomic mass is 16.2. The maximum absolute atomic E-state index is 12.4. The summed E-state index contributed by atoms with van der Waals surface area (Å²) in [5, 5.41) is 8.53. The maximum atomic E-state index is 12.4. The summed E-state index contributed by atoms with van der Waals surface area (Å²) < 4.78 is 0. The molecule has 0 saturated carbocycles. The summed E-state index contributed by atoms with van der Waals surface area (Å²) in [5.74, 6) is 0.403. The number of carbonyl (C=O) groups excluding carboxylic acids is 2. The number of carbonyl (C=O) groups is 2. The van der Waals surface area contributed by atoms with Gasteiger partial charge in [-0.05, 0) is 64.8 Å². The van der Waals surface area contributed by atoms with Crippen molar-refractivity contribution in [3.05, 3.63) is 29.8 Å². The number of amides is 3. The highest BCUT2D eigenvalue weighted by Crippen LogP contribution is 2.18. The van der Waals surface area contributed by atoms with Crippen molar-refractivity contribution in [2.75, 3.05) is 25.0 Å². The summed E-state index contributed by atoms with van der Waals surface area (Å²) in [6.45, 7) is 11.0. The van der Waals surface area contributed by atoms with Gasteiger partial charge in [-0.1, -0.05) is 6.07 Å². The van der Waals surface area contributed by atoms with Gasteiger partial charge in [-0.15, -0.1) is 0 Å². The molecule has 1 fully saturated rings. The lowest BCUT2D eigenvalue weighted by atomic mass is 10.1. The quantitative estimate of drug-likeness (QED) is 0.741. The third kappa shape index (κ3) is 6.05. The number of anilines is 1. The topological polar surface area (TPSA) is 73.5 Å². The Morgan fingerprint density at radius 3 is 2.64 bits per heavy atom. The molecule has 1 aliphatic heterocycles. The molecule has 6 nitrogen and oxygen atoms in total. The van der Waals surface area contributed by atoms with Crippen LogP contribution in [0.4, 0.5) is 10.5 Å². The molecule has 0 unspecified atom stereocenters. The third-order valence-corrected chi connectivity index (χ3v) is 4.40. The Kier molecular flexibility index (Phi) is 6.82. The third-order valence-electron chi connectivity index (χ3n) is 4.40. The van der Waals surface area contributed by atoms with E-state index in [4.69, 9.17) is 0 Å². The Morgan fingerprint density at radius 1 is 1.24 bits per heavy atom. The summed E-state index contributed by atoms with van der Waals surface area (Å²) in [7, 11) is 0. The van der Waals surface area contributed by atoms with Crippen molar-refractivity contribution in [3.63, 3.8) is 0 Å². The maximum Gasteiger partial charge on any atom is 0.319 e. The van der Waals surface area contributed by atoms with Crippen LogP contribution >= 0.6 is 0 Å². The van der Waals surface area contributed by atoms with Gasteiger partial charge in [0.05, 0.1) is 0 Å². The zero-order valence-electron chi connectivity index (χ0n) is 15.6. The Morgan fingerprint density at radius 2 is 2.00 bits per heavy atom. The van der Waals surface area contributed by atoms with Crippen molar-refractivity contribution in [3.8, 4) is 0 Å². The van der Waals surface area contributed by atoms with Gasteiger partial charge < -0.3 is 20.9 Å². The molecule has 6 heteroatoms. The minimum atomic E-state index is -0.271. The molecule has 0 bridgehead atoms. The standard InChI is InChI=1S/C19H30N4O2/c1-13(2)21-19(25)22-17-7-5-6-16(10-17)18(24)20-11-15-8-9-23(12-15)14(3)4/h5-7,10,13-15H,8-9,11-12H2,1-4H3,(H,20,24)(H2,21,22,25)/t15-/m0/s1. The van der Waals surface area contributed by atoms with E-state index < -0.39 is 0 Å². The smallest absolute Gasteiger partial charge is 0.319 e. The van der Waals surface area contributed by atoms with Gasteiger partial charge in [0.1, 0.15) is 0 Å². The first-order valence-electron chi connectivity index (χ1n) is 9.05. The van der Waals surface area contributed by atoms with Crippen LogP contribution in [0.3, 0.4) is 0 Å². The predicted octanol–water partition coefficient (Wildman–Crippen LogP) is 2.68. The molecule has 1 atom stereocenters. The van der Waals surface area contributed by atoms with Crippen LogP contribution in [0, 0.1) is 5.92 Å². The number of urea groups is 1. The Labute approximate surface area is 150 Å². The van der Waals surface area contributed by atoms with E-state index in [1.165, 1.54) is 0 Å². The summed E-state index contributed by atoms with van der Waals surface area (Å²) in [5.41, 5.74) is 1.17. The molecule has 1 heterocycles. The minimum absolute atomic E-state index is 0.0586. The summed E-state index contributed by atoms with van der Waals surface area (Å²) >= 11 is 0. The van der Waals surface area contributed by atoms with Gasteiger partial charge >= 0.3 is 6.03 Å². The van der Waals surface area contributed by atoms with Crippen LogP contribution in [0.1, 0.15) is 44.5 Å². The van der Waals surface area contributed by atoms with Gasteiger partial charge in [-0.2, -0.15) is 0 Å². The number of rotatable bonds is 6. The second kappa shape index (κ2) is 8.85. The van der Waals surface area contributed by atoms with Crippen LogP contribution in [-0.2, 0) is 0 Å². The van der Waals surface area contributed by atoms with Crippen LogP contribution < -0.4 is 16.0 Å². The SMILES string of the molecule is CC(C)NC(=O)Nc1cccc(C(=O)NC[C@@H]2CCN(C(C)C)C2)c1. The lowest BCUT2D eigenvalue weighted by molar-refractivity contribution is 0.0947. The fourth-order valence-electron chi connectivity index (χ4n) is 3.00. The first-order chi connectivity index (χ1) is 11.8. The van der Waals surface area contributed by atoms with E-state index in [-0.39, 0.29) is 18.0 Å². The van der Waals surface area contributed by atoms with Gasteiger partial charge in [0.25, 0.3) is 5.91 Å². The lowest BCUT2D eigenvalue weighted by Gasteiger charge is -2.20. The second-order valence-electron chi connectivity index (χ2n) is 7.29. The van der Waals surface area contributed by atoms with E-state index in [9.17, 15) is 9.59 Å². The fraction of sp³-hybridized carbons (Fsp3) is 0.579. The zero-order chi connectivity index (χ0) is 18.4. The van der Waals surface area contributed by atoms with Crippen LogP contribution in [-0.4, -0.2) is 48.6 Å². The molecule has 3 amide bonds. The Balaban J connectivity index is 1.85. The molecular weight excluding hydrogens is 316 g/mol. The van der Waals surface area contributed by atoms with Gasteiger partial charge in [0, 0.05) is 36.4 Å². The molecule has 0 spiro atoms. The number of benzene rings is 1. The van der Waals surface area contributed by atoms with Crippen molar-refractivity contribution >= 4 is 17.6 Å². The van der Waals surface area contributed by atoms with Crippen molar-refractivity contribution < 1.29 is 9.59 Å². The van der Waals surface area contributed by atoms with Crippen LogP contribution in [0.15, 0.2) is 24.3 Å². The minimum Gasteiger partial charge on any atom is -0.352 e. The van der Waals surface area contributed by atoms with Crippen molar-refractivity contribution in [1.29, 1.82) is 0 Å². The highest BCUT2D eigenvalue weighted by molar-refractivity contribution is 5.96. The molecule has 1 saturated heterocycles. The van der Waals surface area contributed by atoms with Crippen molar-refractivity contribution in [2.45, 2.75) is 46.2 Å². The molecule has 0 radical (unpaired) electrons. The molecule has 25 heavy (non-hydrogen) atoms. The monoisotopic (exact) mass is 346 g/mol. The summed E-state index contributed by atoms with van der Waals surface area (Å²) in [4.78, 5) is 26.6. The number of hydrogen-bond acceptors (Lipinski definition) is 3. The van der Waals surface area contributed by atoms with Gasteiger partial charge in [-0.25, -0.2) is 4.79 Å². The Hall–Kier alpha value is -2.08. The fourth-order valence-corrected chi connectivity index (χ4v) is 3.00. The molecule has 1 aromatic rings. The second-order valence-corrected chi connectivity index (χ2v) is 7.29. The summed E-state index contributed by atoms with van der Waals surface area (Å²) in [6.07, 6.45) is 1.12. The van der Waals surface area contributed by atoms with Crippen LogP contribution in [0.25, 0.3) is 0 Å². The normalized spacial score (nSPS) is 17.8. The molecule has 1 aromatic carbocycles. The van der Waals surface area contributed by atoms with E-state index >= 15 is 0 Å². The molecular formula is C19H30N4O2. The first kappa shape index (κ1) is 19.2. The molecule has 1 aliphatic rings. The van der Waals surface area contributed by atoms with Crippen LogP contribution in [0.2, 0.25) is 0 Å². The van der Waals surface area contributed by atoms with Crippen LogP contribution in [0.5, 0.6) is 0 Å². The van der Waals surface area contributed by atoms with E-state index in [0.717, 1.165) is 19.5 Å². The lowest BCUT2D eigenvalue weighted by Crippen LogP contribution is -2.34. The average molecular weight is 346 g/mol. The van der Waals surface area contributed by atoms with Crippen molar-refractivity contribution in [2.24, 2.45) is 5.92 Å². The molecule has 0 aliphatic carbocycles. The largest absolute Gasteiger partial charge is 0.352 e. The number of nitrogens with one attached hydrogen (secondary N) is 3. The number of hydrogen-bond donors (Lipinski definition) is 3. The van der Waals surface area contributed by atoms with E-state index in [1.54, 1.807) is 24.3 Å². The predicted molar refractivity (Wildman–Crippen MR) is 101 cm³/mol. The molecule has 138 valence electrons. The van der Waals surface area contributed by atoms with E-state index in [2.05, 4.69) is 34.7 Å². The zero-order valence-corrected chi connectivity index (χ0v) is 15.6. The molecule has 3 N–H and O–H groups in total. The van der Waals surface area contributed by atoms with E-state index in [1.807, 2.05) is 13.8 Å². The Bertz CT molecular complexity index is 601. The van der Waals surface area contributed by atoms with Crippen molar-refractivity contribution in [1.82, 2.24) is 15.5 Å². The van der Waals surface area contributed by atoms with Gasteiger partial charge in [0.15, 0.2) is 0 Å². The van der Waals surface area contributed by atoms with Gasteiger partial charge in [-0.3, -0.25) is 4.79 Å². The summed E-state index contributed by atoms with van der Waals surface area (Å²) in [6, 6.07) is 7.35. The number of likely N-dealkylation sites (tertiary alicyclic amines) is 1. The molecule has 2 rings (SSSR count). The molecule has 0 aromatic heterocycles. The average Bonchev–Trinajstić information content (AvgIpc) is 3.01. The number of nitrogens with zero attached hydrogens (tertiary/aromatic N) is 1. The van der Waals surface area contributed by atoms with E-state index in [0.29, 0.717) is 29.8 Å². The van der Waals surface area contributed by atoms with Gasteiger partial charge in [0.2, 0.25) is 0 Å². The first-order valence-corrected chi connectivity index (χ1v) is 9.05.